The van der Waals surface area contributed by atoms with Gasteiger partial charge in [0.2, 0.25) is 0 Å². The summed E-state index contributed by atoms with van der Waals surface area (Å²) in [5, 5.41) is 25.9. The molecule has 0 atom stereocenters. The molecule has 0 fully saturated rings. The zero-order valence-corrected chi connectivity index (χ0v) is 19.4. The van der Waals surface area contributed by atoms with E-state index in [1.54, 1.807) is 12.1 Å². The minimum Gasteiger partial charge on any atom is -0.619 e. The third-order valence-electron chi connectivity index (χ3n) is 5.55. The predicted octanol–water partition coefficient (Wildman–Crippen LogP) is 3.83. The molecule has 0 spiro atoms. The number of pyridine rings is 1. The van der Waals surface area contributed by atoms with E-state index in [0.29, 0.717) is 24.2 Å². The maximum atomic E-state index is 12.9. The van der Waals surface area contributed by atoms with Gasteiger partial charge in [-0.25, -0.2) is 4.79 Å². The van der Waals surface area contributed by atoms with Crippen LogP contribution in [0.5, 0.6) is 0 Å². The van der Waals surface area contributed by atoms with Gasteiger partial charge in [0.15, 0.2) is 12.4 Å². The summed E-state index contributed by atoms with van der Waals surface area (Å²) >= 11 is 0. The summed E-state index contributed by atoms with van der Waals surface area (Å²) in [6, 6.07) is 18.6. The summed E-state index contributed by atoms with van der Waals surface area (Å²) in [7, 11) is 0. The Kier molecular flexibility index (Phi) is 8.28. The quantitative estimate of drug-likeness (QED) is 0.211. The maximum absolute atomic E-state index is 12.9. The van der Waals surface area contributed by atoms with Crippen molar-refractivity contribution in [2.45, 2.75) is 12.6 Å². The predicted molar refractivity (Wildman–Crippen MR) is 130 cm³/mol. The lowest BCUT2D eigenvalue weighted by Gasteiger charge is -2.27. The van der Waals surface area contributed by atoms with E-state index in [1.807, 2.05) is 53.4 Å². The molecule has 0 bridgehead atoms. The van der Waals surface area contributed by atoms with E-state index in [0.717, 1.165) is 33.4 Å². The molecule has 3 aromatic rings. The molecule has 1 aromatic heterocycles. The SMILES string of the molecule is N=C(N)c1cccc(C2=CCN(C(=O)c3ccc(-c4cc[n+]([O-])cc4)cc3)CC2)c1.O=C(O)C(F)(F)F. The van der Waals surface area contributed by atoms with E-state index in [-0.39, 0.29) is 11.7 Å². The van der Waals surface area contributed by atoms with Gasteiger partial charge < -0.3 is 20.9 Å². The van der Waals surface area contributed by atoms with E-state index in [2.05, 4.69) is 6.08 Å². The third-order valence-corrected chi connectivity index (χ3v) is 5.55. The van der Waals surface area contributed by atoms with Crippen molar-refractivity contribution in [3.05, 3.63) is 101 Å². The molecule has 1 amide bonds. The smallest absolute Gasteiger partial charge is 0.490 e. The number of aliphatic carboxylic acids is 1. The van der Waals surface area contributed by atoms with Gasteiger partial charge in [-0.1, -0.05) is 36.4 Å². The first-order chi connectivity index (χ1) is 17.5. The lowest BCUT2D eigenvalue weighted by molar-refractivity contribution is -0.605. The molecule has 0 aliphatic carbocycles. The Morgan fingerprint density at radius 2 is 1.57 bits per heavy atom. The van der Waals surface area contributed by atoms with Gasteiger partial charge in [0.25, 0.3) is 5.91 Å². The number of aromatic nitrogens is 1. The van der Waals surface area contributed by atoms with Crippen LogP contribution >= 0.6 is 0 Å². The topological polar surface area (TPSA) is 134 Å². The number of hydrogen-bond donors (Lipinski definition) is 3. The molecule has 2 heterocycles. The highest BCUT2D eigenvalue weighted by Gasteiger charge is 2.38. The number of nitrogen functional groups attached to an aromatic ring is 1. The summed E-state index contributed by atoms with van der Waals surface area (Å²) in [5.41, 5.74) is 11.0. The number of halogens is 3. The average molecular weight is 512 g/mol. The Hall–Kier alpha value is -4.67. The van der Waals surface area contributed by atoms with Crippen molar-refractivity contribution in [3.8, 4) is 11.1 Å². The van der Waals surface area contributed by atoms with Crippen molar-refractivity contribution < 1.29 is 32.6 Å². The molecule has 0 radical (unpaired) electrons. The van der Waals surface area contributed by atoms with Crippen LogP contribution in [0.25, 0.3) is 16.7 Å². The number of amidine groups is 1. The number of nitrogens with two attached hydrogens (primary N) is 1. The zero-order chi connectivity index (χ0) is 27.2. The third kappa shape index (κ3) is 7.17. The Balaban J connectivity index is 0.000000479. The Morgan fingerprint density at radius 3 is 2.08 bits per heavy atom. The molecule has 11 heteroatoms. The minimum absolute atomic E-state index is 0.000187. The molecule has 1 aliphatic rings. The number of carboxylic acids is 1. The van der Waals surface area contributed by atoms with E-state index in [1.165, 1.54) is 12.4 Å². The van der Waals surface area contributed by atoms with Crippen LogP contribution in [0.3, 0.4) is 0 Å². The molecular formula is C26H23F3N4O4. The number of hydrogen-bond acceptors (Lipinski definition) is 4. The lowest BCUT2D eigenvalue weighted by atomic mass is 9.97. The molecule has 37 heavy (non-hydrogen) atoms. The molecule has 8 nitrogen and oxygen atoms in total. The van der Waals surface area contributed by atoms with Crippen molar-refractivity contribution in [1.29, 1.82) is 5.41 Å². The monoisotopic (exact) mass is 512 g/mol. The molecule has 0 saturated carbocycles. The van der Waals surface area contributed by atoms with Crippen LogP contribution in [0.4, 0.5) is 13.2 Å². The second-order valence-corrected chi connectivity index (χ2v) is 8.05. The second kappa shape index (κ2) is 11.4. The standard InChI is InChI=1S/C24H22N4O2.C2HF3O2/c25-23(26)22-3-1-2-21(16-22)19-8-12-27(13-9-19)24(29)20-6-4-17(5-7-20)18-10-14-28(30)15-11-18;3-2(4,5)1(6)7/h1-8,10-11,14-16H,9,12-13H2,(H3,25,26);(H,6,7). The van der Waals surface area contributed by atoms with Crippen LogP contribution in [-0.4, -0.2) is 47.0 Å². The van der Waals surface area contributed by atoms with Gasteiger partial charge in [0.1, 0.15) is 5.84 Å². The number of benzene rings is 2. The highest BCUT2D eigenvalue weighted by Crippen LogP contribution is 2.25. The number of amides is 1. The molecule has 4 rings (SSSR count). The summed E-state index contributed by atoms with van der Waals surface area (Å²) in [6.45, 7) is 1.18. The van der Waals surface area contributed by atoms with Crippen molar-refractivity contribution >= 4 is 23.3 Å². The molecule has 1 aliphatic heterocycles. The van der Waals surface area contributed by atoms with E-state index >= 15 is 0 Å². The van der Waals surface area contributed by atoms with Crippen LogP contribution in [0.15, 0.2) is 79.1 Å². The highest BCUT2D eigenvalue weighted by atomic mass is 19.4. The van der Waals surface area contributed by atoms with Crippen molar-refractivity contribution in [1.82, 2.24) is 4.90 Å². The molecule has 4 N–H and O–H groups in total. The normalized spacial score (nSPS) is 13.2. The number of carboxylic acid groups (broad SMARTS) is 1. The molecule has 0 unspecified atom stereocenters. The molecule has 0 saturated heterocycles. The fraction of sp³-hybridized carbons (Fsp3) is 0.154. The minimum atomic E-state index is -5.08. The maximum Gasteiger partial charge on any atom is 0.490 e. The lowest BCUT2D eigenvalue weighted by Crippen LogP contribution is -2.34. The zero-order valence-electron chi connectivity index (χ0n) is 19.4. The summed E-state index contributed by atoms with van der Waals surface area (Å²) in [4.78, 5) is 23.6. The van der Waals surface area contributed by atoms with Gasteiger partial charge in [-0.15, -0.1) is 0 Å². The Labute approximate surface area is 210 Å². The van der Waals surface area contributed by atoms with E-state index < -0.39 is 12.1 Å². The molecule has 2 aromatic carbocycles. The van der Waals surface area contributed by atoms with E-state index in [4.69, 9.17) is 21.0 Å². The highest BCUT2D eigenvalue weighted by molar-refractivity contribution is 5.96. The average Bonchev–Trinajstić information content (AvgIpc) is 2.89. The van der Waals surface area contributed by atoms with Crippen LogP contribution in [0.2, 0.25) is 0 Å². The van der Waals surface area contributed by atoms with Crippen molar-refractivity contribution in [3.63, 3.8) is 0 Å². The summed E-state index contributed by atoms with van der Waals surface area (Å²) < 4.78 is 32.5. The van der Waals surface area contributed by atoms with Crippen LogP contribution < -0.4 is 10.5 Å². The van der Waals surface area contributed by atoms with Gasteiger partial charge in [-0.05, 0) is 46.9 Å². The van der Waals surface area contributed by atoms with E-state index in [9.17, 15) is 23.2 Å². The Morgan fingerprint density at radius 1 is 0.973 bits per heavy atom. The van der Waals surface area contributed by atoms with Gasteiger partial charge in [-0.3, -0.25) is 10.2 Å². The summed E-state index contributed by atoms with van der Waals surface area (Å²) in [5.74, 6) is -2.71. The number of carbonyl (C=O) groups is 2. The first-order valence-electron chi connectivity index (χ1n) is 11.0. The first kappa shape index (κ1) is 26.9. The van der Waals surface area contributed by atoms with Crippen molar-refractivity contribution in [2.75, 3.05) is 13.1 Å². The summed E-state index contributed by atoms with van der Waals surface area (Å²) in [6.07, 6.45) is 0.651. The van der Waals surface area contributed by atoms with Crippen LogP contribution in [0.1, 0.15) is 27.9 Å². The van der Waals surface area contributed by atoms with Gasteiger partial charge >= 0.3 is 12.1 Å². The van der Waals surface area contributed by atoms with Crippen molar-refractivity contribution in [2.24, 2.45) is 5.73 Å². The van der Waals surface area contributed by atoms with Crippen LogP contribution in [0, 0.1) is 10.6 Å². The number of nitrogens with one attached hydrogen (secondary N) is 1. The van der Waals surface area contributed by atoms with Gasteiger partial charge in [0.05, 0.1) is 0 Å². The molecular weight excluding hydrogens is 489 g/mol. The number of alkyl halides is 3. The first-order valence-corrected chi connectivity index (χ1v) is 11.0. The number of rotatable bonds is 4. The van der Waals surface area contributed by atoms with Gasteiger partial charge in [0, 0.05) is 36.3 Å². The largest absolute Gasteiger partial charge is 0.619 e. The number of carbonyl (C=O) groups excluding carboxylic acids is 1. The second-order valence-electron chi connectivity index (χ2n) is 8.05. The Bertz CT molecular complexity index is 1320. The van der Waals surface area contributed by atoms with Gasteiger partial charge in [-0.2, -0.15) is 17.9 Å². The molecule has 192 valence electrons. The number of nitrogens with zero attached hydrogens (tertiary/aromatic N) is 2. The fourth-order valence-corrected chi connectivity index (χ4v) is 3.60. The fourth-order valence-electron chi connectivity index (χ4n) is 3.60. The van der Waals surface area contributed by atoms with Crippen LogP contribution in [-0.2, 0) is 4.79 Å².